The summed E-state index contributed by atoms with van der Waals surface area (Å²) in [5.41, 5.74) is 6.26. The molecular weight excluding hydrogens is 331 g/mol. The van der Waals surface area contributed by atoms with Gasteiger partial charge in [-0.15, -0.1) is 11.8 Å². The zero-order valence-electron chi connectivity index (χ0n) is 11.0. The van der Waals surface area contributed by atoms with Crippen LogP contribution in [0.3, 0.4) is 0 Å². The summed E-state index contributed by atoms with van der Waals surface area (Å²) in [6.07, 6.45) is 1.89. The predicted molar refractivity (Wildman–Crippen MR) is 87.3 cm³/mol. The molecule has 0 fully saturated rings. The average Bonchev–Trinajstić information content (AvgIpc) is 2.45. The highest BCUT2D eigenvalue weighted by Crippen LogP contribution is 2.34. The van der Waals surface area contributed by atoms with Gasteiger partial charge in [0.25, 0.3) is 0 Å². The van der Waals surface area contributed by atoms with Gasteiger partial charge in [-0.25, -0.2) is 0 Å². The molecule has 0 aromatic heterocycles. The Hall–Kier alpha value is -1.56. The van der Waals surface area contributed by atoms with Crippen molar-refractivity contribution in [2.45, 2.75) is 4.90 Å². The summed E-state index contributed by atoms with van der Waals surface area (Å²) in [7, 11) is 0. The van der Waals surface area contributed by atoms with Crippen LogP contribution in [-0.2, 0) is 0 Å². The predicted octanol–water partition coefficient (Wildman–Crippen LogP) is 4.60. The van der Waals surface area contributed by atoms with Crippen molar-refractivity contribution in [2.24, 2.45) is 10.9 Å². The molecule has 0 heterocycles. The van der Waals surface area contributed by atoms with Crippen LogP contribution in [0.15, 0.2) is 46.4 Å². The van der Waals surface area contributed by atoms with Gasteiger partial charge in [-0.05, 0) is 36.6 Å². The number of hydrogen-bond donors (Lipinski definition) is 2. The molecule has 0 bridgehead atoms. The van der Waals surface area contributed by atoms with E-state index in [2.05, 4.69) is 5.16 Å². The Morgan fingerprint density at radius 1 is 1.24 bits per heavy atom. The first-order chi connectivity index (χ1) is 10.0. The lowest BCUT2D eigenvalue weighted by Crippen LogP contribution is -2.15. The van der Waals surface area contributed by atoms with Crippen LogP contribution >= 0.6 is 35.0 Å². The Morgan fingerprint density at radius 2 is 1.90 bits per heavy atom. The Kier molecular flexibility index (Phi) is 5.22. The average molecular weight is 343 g/mol. The lowest BCUT2D eigenvalue weighted by Gasteiger charge is -2.13. The van der Waals surface area contributed by atoms with Gasteiger partial charge in [-0.1, -0.05) is 34.4 Å². The SMILES string of the molecule is CSc1cccc(Oc2cc(Cl)cc(Cl)c2)c1/C(N)=N/O. The molecule has 0 saturated carbocycles. The molecule has 21 heavy (non-hydrogen) atoms. The molecule has 2 aromatic rings. The molecule has 110 valence electrons. The van der Waals surface area contributed by atoms with Crippen LogP contribution in [0.4, 0.5) is 0 Å². The lowest BCUT2D eigenvalue weighted by molar-refractivity contribution is 0.318. The normalized spacial score (nSPS) is 11.5. The summed E-state index contributed by atoms with van der Waals surface area (Å²) in [5, 5.41) is 12.9. The largest absolute Gasteiger partial charge is 0.456 e. The van der Waals surface area contributed by atoms with Crippen molar-refractivity contribution in [3.8, 4) is 11.5 Å². The molecule has 0 unspecified atom stereocenters. The Bertz CT molecular complexity index is 672. The molecule has 0 atom stereocenters. The molecule has 0 amide bonds. The van der Waals surface area contributed by atoms with Gasteiger partial charge in [0, 0.05) is 14.9 Å². The van der Waals surface area contributed by atoms with Gasteiger partial charge in [-0.3, -0.25) is 0 Å². The number of thioether (sulfide) groups is 1. The van der Waals surface area contributed by atoms with Crippen LogP contribution < -0.4 is 10.5 Å². The van der Waals surface area contributed by atoms with Gasteiger partial charge in [-0.2, -0.15) is 0 Å². The van der Waals surface area contributed by atoms with Gasteiger partial charge in [0.1, 0.15) is 11.5 Å². The summed E-state index contributed by atoms with van der Waals surface area (Å²) in [6.45, 7) is 0. The lowest BCUT2D eigenvalue weighted by atomic mass is 10.2. The van der Waals surface area contributed by atoms with Crippen LogP contribution in [-0.4, -0.2) is 17.3 Å². The van der Waals surface area contributed by atoms with E-state index in [0.29, 0.717) is 27.1 Å². The molecule has 0 saturated heterocycles. The highest BCUT2D eigenvalue weighted by Gasteiger charge is 2.14. The second-order valence-corrected chi connectivity index (χ2v) is 5.75. The number of nitrogens with zero attached hydrogens (tertiary/aromatic N) is 1. The van der Waals surface area contributed by atoms with Crippen LogP contribution in [0.25, 0.3) is 0 Å². The third-order valence-corrected chi connectivity index (χ3v) is 3.85. The maximum atomic E-state index is 8.94. The summed E-state index contributed by atoms with van der Waals surface area (Å²) >= 11 is 13.4. The van der Waals surface area contributed by atoms with Crippen molar-refractivity contribution in [3.63, 3.8) is 0 Å². The van der Waals surface area contributed by atoms with Gasteiger partial charge in [0.2, 0.25) is 0 Å². The molecule has 0 aliphatic heterocycles. The zero-order valence-corrected chi connectivity index (χ0v) is 13.3. The van der Waals surface area contributed by atoms with Crippen molar-refractivity contribution in [1.82, 2.24) is 0 Å². The van der Waals surface area contributed by atoms with Crippen molar-refractivity contribution in [3.05, 3.63) is 52.0 Å². The van der Waals surface area contributed by atoms with E-state index in [0.717, 1.165) is 4.90 Å². The minimum absolute atomic E-state index is 0.0249. The minimum atomic E-state index is -0.0249. The van der Waals surface area contributed by atoms with E-state index in [1.807, 2.05) is 18.4 Å². The fourth-order valence-electron chi connectivity index (χ4n) is 1.78. The number of ether oxygens (including phenoxy) is 1. The monoisotopic (exact) mass is 342 g/mol. The fraction of sp³-hybridized carbons (Fsp3) is 0.0714. The van der Waals surface area contributed by atoms with Crippen molar-refractivity contribution < 1.29 is 9.94 Å². The molecule has 4 nitrogen and oxygen atoms in total. The molecule has 7 heteroatoms. The van der Waals surface area contributed by atoms with E-state index in [1.165, 1.54) is 11.8 Å². The number of benzene rings is 2. The number of halogens is 2. The highest BCUT2D eigenvalue weighted by molar-refractivity contribution is 7.98. The van der Waals surface area contributed by atoms with Gasteiger partial charge < -0.3 is 15.7 Å². The smallest absolute Gasteiger partial charge is 0.175 e. The van der Waals surface area contributed by atoms with Gasteiger partial charge in [0.15, 0.2) is 5.84 Å². The zero-order chi connectivity index (χ0) is 15.4. The van der Waals surface area contributed by atoms with Crippen LogP contribution in [0, 0.1) is 0 Å². The molecule has 2 aromatic carbocycles. The van der Waals surface area contributed by atoms with Crippen LogP contribution in [0.5, 0.6) is 11.5 Å². The quantitative estimate of drug-likeness (QED) is 0.280. The maximum absolute atomic E-state index is 8.94. The van der Waals surface area contributed by atoms with Crippen LogP contribution in [0.2, 0.25) is 10.0 Å². The van der Waals surface area contributed by atoms with E-state index < -0.39 is 0 Å². The molecule has 2 rings (SSSR count). The summed E-state index contributed by atoms with van der Waals surface area (Å²) in [5.74, 6) is 0.899. The maximum Gasteiger partial charge on any atom is 0.175 e. The number of oxime groups is 1. The molecule has 0 aliphatic carbocycles. The molecule has 0 spiro atoms. The fourth-order valence-corrected chi connectivity index (χ4v) is 2.91. The second-order valence-electron chi connectivity index (χ2n) is 4.03. The Labute approximate surface area is 136 Å². The summed E-state index contributed by atoms with van der Waals surface area (Å²) in [6, 6.07) is 10.3. The molecule has 3 N–H and O–H groups in total. The van der Waals surface area contributed by atoms with Gasteiger partial charge >= 0.3 is 0 Å². The second kappa shape index (κ2) is 6.93. The number of nitrogens with two attached hydrogens (primary N) is 1. The summed E-state index contributed by atoms with van der Waals surface area (Å²) < 4.78 is 5.78. The van der Waals surface area contributed by atoms with E-state index >= 15 is 0 Å². The number of amidine groups is 1. The highest BCUT2D eigenvalue weighted by atomic mass is 35.5. The topological polar surface area (TPSA) is 67.8 Å². The standard InChI is InChI=1S/C14H12Cl2N2O2S/c1-21-12-4-2-3-11(13(12)14(17)18-19)20-10-6-8(15)5-9(16)7-10/h2-7,19H,1H3,(H2,17,18). The first-order valence-corrected chi connectivity index (χ1v) is 7.82. The summed E-state index contributed by atoms with van der Waals surface area (Å²) in [4.78, 5) is 0.830. The molecule has 0 radical (unpaired) electrons. The van der Waals surface area contributed by atoms with E-state index in [-0.39, 0.29) is 5.84 Å². The first-order valence-electron chi connectivity index (χ1n) is 5.84. The van der Waals surface area contributed by atoms with E-state index in [1.54, 1.807) is 24.3 Å². The third-order valence-electron chi connectivity index (χ3n) is 2.64. The van der Waals surface area contributed by atoms with E-state index in [4.69, 9.17) is 38.9 Å². The van der Waals surface area contributed by atoms with Gasteiger partial charge in [0.05, 0.1) is 5.56 Å². The number of rotatable bonds is 4. The van der Waals surface area contributed by atoms with Crippen molar-refractivity contribution in [2.75, 3.05) is 6.26 Å². The van der Waals surface area contributed by atoms with Crippen molar-refractivity contribution in [1.29, 1.82) is 0 Å². The molecular formula is C14H12Cl2N2O2S. The Balaban J connectivity index is 2.48. The van der Waals surface area contributed by atoms with Crippen LogP contribution in [0.1, 0.15) is 5.56 Å². The number of hydrogen-bond acceptors (Lipinski definition) is 4. The third kappa shape index (κ3) is 3.75. The Morgan fingerprint density at radius 3 is 2.48 bits per heavy atom. The minimum Gasteiger partial charge on any atom is -0.456 e. The van der Waals surface area contributed by atoms with Crippen molar-refractivity contribution >= 4 is 40.8 Å². The first kappa shape index (κ1) is 15.8. The molecule has 0 aliphatic rings. The van der Waals surface area contributed by atoms with E-state index in [9.17, 15) is 0 Å².